The third-order valence-electron chi connectivity index (χ3n) is 0.767. The van der Waals surface area contributed by atoms with Gasteiger partial charge in [0.1, 0.15) is 0 Å². The van der Waals surface area contributed by atoms with Gasteiger partial charge in [0.25, 0.3) is 0 Å². The summed E-state index contributed by atoms with van der Waals surface area (Å²) in [5.74, 6) is 0. The van der Waals surface area contributed by atoms with Gasteiger partial charge in [-0.3, -0.25) is 0 Å². The van der Waals surface area contributed by atoms with E-state index in [1.165, 1.54) is 0 Å². The maximum atomic E-state index is 5.24. The van der Waals surface area contributed by atoms with E-state index in [2.05, 4.69) is 0 Å². The summed E-state index contributed by atoms with van der Waals surface area (Å²) in [6.07, 6.45) is 0. The molecule has 0 aromatic rings. The third kappa shape index (κ3) is 4.11. The van der Waals surface area contributed by atoms with E-state index in [0.29, 0.717) is 6.54 Å². The van der Waals surface area contributed by atoms with E-state index in [4.69, 9.17) is 10.4 Å². The second-order valence-corrected chi connectivity index (χ2v) is 1.61. The van der Waals surface area contributed by atoms with Crippen molar-refractivity contribution in [1.29, 1.82) is 0 Å². The van der Waals surface area contributed by atoms with Gasteiger partial charge in [0.05, 0.1) is 0 Å². The Hall–Kier alpha value is -0.0551. The first kappa shape index (κ1) is 7.94. The zero-order valence-electron chi connectivity index (χ0n) is 5.42. The minimum Gasteiger partial charge on any atom is -0.427 e. The van der Waals surface area contributed by atoms with Gasteiger partial charge < -0.3 is 15.2 Å². The van der Waals surface area contributed by atoms with Crippen molar-refractivity contribution in [3.63, 3.8) is 0 Å². The highest BCUT2D eigenvalue weighted by molar-refractivity contribution is 6.23. The Morgan fingerprint density at radius 3 is 2.75 bits per heavy atom. The van der Waals surface area contributed by atoms with Gasteiger partial charge in [0, 0.05) is 20.2 Å². The van der Waals surface area contributed by atoms with Crippen LogP contribution >= 0.6 is 0 Å². The van der Waals surface area contributed by atoms with E-state index in [1.54, 1.807) is 14.7 Å². The highest BCUT2D eigenvalue weighted by atomic mass is 16.4. The van der Waals surface area contributed by atoms with E-state index in [-0.39, 0.29) is 0 Å². The molecule has 0 aliphatic heterocycles. The first-order valence-corrected chi connectivity index (χ1v) is 2.57. The lowest BCUT2D eigenvalue weighted by molar-refractivity contribution is 0.372. The molecule has 0 bridgehead atoms. The Bertz CT molecular complexity index is 47.3. The van der Waals surface area contributed by atoms with Crippen LogP contribution in [0.1, 0.15) is 0 Å². The van der Waals surface area contributed by atoms with Gasteiger partial charge in [-0.1, -0.05) is 0 Å². The van der Waals surface area contributed by atoms with Gasteiger partial charge in [-0.2, -0.15) is 0 Å². The van der Waals surface area contributed by atoms with E-state index >= 15 is 0 Å². The molecule has 0 unspecified atom stereocenters. The molecule has 4 heteroatoms. The monoisotopic (exact) mass is 115 g/mol. The molecule has 0 atom stereocenters. The summed E-state index contributed by atoms with van der Waals surface area (Å²) < 4.78 is 4.70. The Kier molecular flexibility index (Phi) is 5.05. The zero-order chi connectivity index (χ0) is 6.41. The molecule has 0 rings (SSSR count). The van der Waals surface area contributed by atoms with Crippen molar-refractivity contribution in [2.45, 2.75) is 0 Å². The summed E-state index contributed by atoms with van der Waals surface area (Å²) >= 11 is 0. The normalized spacial score (nSPS) is 10.0. The predicted molar refractivity (Wildman–Crippen MR) is 34.4 cm³/mol. The average molecular weight is 115 g/mol. The SMILES string of the molecule is CO[B]N(C)CCN. The molecule has 1 radical (unpaired) electrons. The minimum atomic E-state index is 0.663. The fourth-order valence-corrected chi connectivity index (χ4v) is 0.436. The summed E-state index contributed by atoms with van der Waals surface area (Å²) in [6, 6.07) is 0. The van der Waals surface area contributed by atoms with Gasteiger partial charge in [0.2, 0.25) is 0 Å². The number of hydrogen-bond donors (Lipinski definition) is 1. The molecular formula is C4H12BN2O. The van der Waals surface area contributed by atoms with Crippen molar-refractivity contribution in [3.8, 4) is 0 Å². The largest absolute Gasteiger partial charge is 0.427 e. The number of nitrogens with zero attached hydrogens (tertiary/aromatic N) is 1. The van der Waals surface area contributed by atoms with E-state index in [1.807, 2.05) is 11.9 Å². The summed E-state index contributed by atoms with van der Waals surface area (Å²) in [7, 11) is 5.16. The fourth-order valence-electron chi connectivity index (χ4n) is 0.436. The highest BCUT2D eigenvalue weighted by Gasteiger charge is 1.95. The van der Waals surface area contributed by atoms with E-state index in [0.717, 1.165) is 6.54 Å². The lowest BCUT2D eigenvalue weighted by Gasteiger charge is -2.10. The summed E-state index contributed by atoms with van der Waals surface area (Å²) in [6.45, 7) is 1.50. The van der Waals surface area contributed by atoms with Crippen molar-refractivity contribution in [2.24, 2.45) is 5.73 Å². The van der Waals surface area contributed by atoms with Gasteiger partial charge in [-0.25, -0.2) is 0 Å². The van der Waals surface area contributed by atoms with E-state index < -0.39 is 0 Å². The molecule has 0 amide bonds. The molecule has 0 aromatic heterocycles. The molecular weight excluding hydrogens is 103 g/mol. The van der Waals surface area contributed by atoms with E-state index in [9.17, 15) is 0 Å². The van der Waals surface area contributed by atoms with Crippen LogP contribution in [0.4, 0.5) is 0 Å². The molecule has 0 spiro atoms. The third-order valence-corrected chi connectivity index (χ3v) is 0.767. The summed E-state index contributed by atoms with van der Waals surface area (Å²) in [4.78, 5) is 1.89. The van der Waals surface area contributed by atoms with Crippen LogP contribution in [0.2, 0.25) is 0 Å². The van der Waals surface area contributed by atoms with Crippen LogP contribution in [0, 0.1) is 0 Å². The van der Waals surface area contributed by atoms with Crippen LogP contribution in [-0.4, -0.2) is 39.7 Å². The van der Waals surface area contributed by atoms with Crippen molar-refractivity contribution in [1.82, 2.24) is 4.81 Å². The van der Waals surface area contributed by atoms with Crippen LogP contribution in [0.5, 0.6) is 0 Å². The van der Waals surface area contributed by atoms with Crippen LogP contribution in [0.15, 0.2) is 0 Å². The predicted octanol–water partition coefficient (Wildman–Crippen LogP) is -0.942. The zero-order valence-corrected chi connectivity index (χ0v) is 5.42. The fraction of sp³-hybridized carbons (Fsp3) is 1.00. The van der Waals surface area contributed by atoms with Crippen molar-refractivity contribution < 1.29 is 4.65 Å². The molecule has 0 saturated heterocycles. The molecule has 2 N–H and O–H groups in total. The molecule has 0 aromatic carbocycles. The molecule has 0 heterocycles. The van der Waals surface area contributed by atoms with Gasteiger partial charge in [-0.05, 0) is 7.05 Å². The lowest BCUT2D eigenvalue weighted by atomic mass is 10.2. The van der Waals surface area contributed by atoms with Gasteiger partial charge in [0.15, 0.2) is 0 Å². The Morgan fingerprint density at radius 1 is 1.75 bits per heavy atom. The van der Waals surface area contributed by atoms with Crippen LogP contribution in [-0.2, 0) is 4.65 Å². The summed E-state index contributed by atoms with van der Waals surface area (Å²) in [5, 5.41) is 0. The number of rotatable bonds is 4. The van der Waals surface area contributed by atoms with Gasteiger partial charge >= 0.3 is 7.62 Å². The Labute approximate surface area is 51.1 Å². The topological polar surface area (TPSA) is 38.5 Å². The minimum absolute atomic E-state index is 0.663. The maximum absolute atomic E-state index is 5.24. The van der Waals surface area contributed by atoms with Crippen molar-refractivity contribution >= 4 is 7.62 Å². The van der Waals surface area contributed by atoms with Crippen LogP contribution in [0.3, 0.4) is 0 Å². The highest BCUT2D eigenvalue weighted by Crippen LogP contribution is 1.73. The first-order valence-electron chi connectivity index (χ1n) is 2.57. The number of nitrogens with two attached hydrogens (primary N) is 1. The second kappa shape index (κ2) is 5.09. The standard InChI is InChI=1S/C4H12BN2O/c1-7(4-3-6)5-8-2/h3-4,6H2,1-2H3. The quantitative estimate of drug-likeness (QED) is 0.480. The van der Waals surface area contributed by atoms with Crippen molar-refractivity contribution in [2.75, 3.05) is 27.2 Å². The average Bonchev–Trinajstić information content (AvgIpc) is 1.68. The lowest BCUT2D eigenvalue weighted by Crippen LogP contribution is -2.29. The first-order chi connectivity index (χ1) is 3.81. The molecule has 0 aliphatic rings. The number of likely N-dealkylation sites (N-methyl/N-ethyl adjacent to an activating group) is 1. The molecule has 0 aliphatic carbocycles. The Morgan fingerprint density at radius 2 is 2.38 bits per heavy atom. The second-order valence-electron chi connectivity index (χ2n) is 1.61. The van der Waals surface area contributed by atoms with Gasteiger partial charge in [-0.15, -0.1) is 0 Å². The molecule has 8 heavy (non-hydrogen) atoms. The van der Waals surface area contributed by atoms with Crippen molar-refractivity contribution in [3.05, 3.63) is 0 Å². The molecule has 0 saturated carbocycles. The maximum Gasteiger partial charge on any atom is 0.398 e. The smallest absolute Gasteiger partial charge is 0.398 e. The molecule has 3 nitrogen and oxygen atoms in total. The molecule has 47 valence electrons. The summed E-state index contributed by atoms with van der Waals surface area (Å²) in [5.41, 5.74) is 5.24. The Balaban J connectivity index is 2.92. The van der Waals surface area contributed by atoms with Crippen LogP contribution in [0.25, 0.3) is 0 Å². The van der Waals surface area contributed by atoms with Crippen LogP contribution < -0.4 is 5.73 Å². The number of hydrogen-bond acceptors (Lipinski definition) is 3. The molecule has 0 fully saturated rings.